The molecular weight excluding hydrogens is 308 g/mol. The van der Waals surface area contributed by atoms with Crippen molar-refractivity contribution in [1.82, 2.24) is 4.98 Å². The van der Waals surface area contributed by atoms with Crippen molar-refractivity contribution in [2.75, 3.05) is 11.4 Å². The molecule has 0 spiro atoms. The van der Waals surface area contributed by atoms with Gasteiger partial charge in [0.25, 0.3) is 0 Å². The highest BCUT2D eigenvalue weighted by Gasteiger charge is 2.39. The normalized spacial score (nSPS) is 21.2. The summed E-state index contributed by atoms with van der Waals surface area (Å²) in [6.45, 7) is 6.18. The minimum atomic E-state index is -3.71. The molecule has 1 saturated heterocycles. The van der Waals surface area contributed by atoms with E-state index in [4.69, 9.17) is 10.7 Å². The SMILES string of the molecule is CC(C)(C)c1csc(N2CC(S(=O)(=O)Cl)CC2=O)n1. The fourth-order valence-electron chi connectivity index (χ4n) is 1.78. The summed E-state index contributed by atoms with van der Waals surface area (Å²) in [7, 11) is 1.60. The van der Waals surface area contributed by atoms with E-state index in [9.17, 15) is 13.2 Å². The van der Waals surface area contributed by atoms with Gasteiger partial charge in [-0.15, -0.1) is 11.3 Å². The van der Waals surface area contributed by atoms with E-state index < -0.39 is 14.3 Å². The molecule has 0 aromatic carbocycles. The first-order valence-electron chi connectivity index (χ1n) is 5.79. The summed E-state index contributed by atoms with van der Waals surface area (Å²) in [6, 6.07) is 0. The van der Waals surface area contributed by atoms with Gasteiger partial charge >= 0.3 is 0 Å². The maximum absolute atomic E-state index is 11.9. The molecule has 0 N–H and O–H groups in total. The molecule has 0 radical (unpaired) electrons. The standard InChI is InChI=1S/C11H15ClN2O3S2/c1-11(2,3)8-6-18-10(13-8)14-5-7(4-9(14)15)19(12,16)17/h6-7H,4-5H2,1-3H3. The van der Waals surface area contributed by atoms with E-state index in [1.165, 1.54) is 16.2 Å². The van der Waals surface area contributed by atoms with E-state index in [-0.39, 0.29) is 24.3 Å². The van der Waals surface area contributed by atoms with Crippen LogP contribution in [0.5, 0.6) is 0 Å². The van der Waals surface area contributed by atoms with Crippen LogP contribution < -0.4 is 4.90 Å². The van der Waals surface area contributed by atoms with E-state index in [2.05, 4.69) is 4.98 Å². The molecule has 1 aliphatic rings. The number of nitrogens with zero attached hydrogens (tertiary/aromatic N) is 2. The Labute approximate surface area is 121 Å². The van der Waals surface area contributed by atoms with E-state index in [0.29, 0.717) is 5.13 Å². The van der Waals surface area contributed by atoms with Crippen LogP contribution in [0.25, 0.3) is 0 Å². The quantitative estimate of drug-likeness (QED) is 0.782. The van der Waals surface area contributed by atoms with Crippen LogP contribution in [-0.4, -0.2) is 31.1 Å². The van der Waals surface area contributed by atoms with E-state index in [0.717, 1.165) is 5.69 Å². The fourth-order valence-corrected chi connectivity index (χ4v) is 3.89. The molecule has 0 bridgehead atoms. The lowest BCUT2D eigenvalue weighted by atomic mass is 9.93. The van der Waals surface area contributed by atoms with Crippen molar-refractivity contribution in [3.8, 4) is 0 Å². The maximum atomic E-state index is 11.9. The molecule has 5 nitrogen and oxygen atoms in total. The summed E-state index contributed by atoms with van der Waals surface area (Å²) in [6.07, 6.45) is -0.0732. The van der Waals surface area contributed by atoms with Crippen molar-refractivity contribution < 1.29 is 13.2 Å². The van der Waals surface area contributed by atoms with Crippen molar-refractivity contribution in [3.05, 3.63) is 11.1 Å². The fraction of sp³-hybridized carbons (Fsp3) is 0.636. The number of amides is 1. The summed E-state index contributed by atoms with van der Waals surface area (Å²) in [5, 5.41) is 1.59. The molecule has 1 aliphatic heterocycles. The first-order chi connectivity index (χ1) is 8.59. The highest BCUT2D eigenvalue weighted by molar-refractivity contribution is 8.14. The summed E-state index contributed by atoms with van der Waals surface area (Å²) >= 11 is 1.35. The molecule has 0 aliphatic carbocycles. The molecular formula is C11H15ClN2O3S2. The number of hydrogen-bond donors (Lipinski definition) is 0. The van der Waals surface area contributed by atoms with Crippen molar-refractivity contribution in [2.45, 2.75) is 37.9 Å². The minimum Gasteiger partial charge on any atom is -0.287 e. The zero-order chi connectivity index (χ0) is 14.4. The number of rotatable bonds is 2. The third kappa shape index (κ3) is 3.09. The largest absolute Gasteiger partial charge is 0.287 e. The monoisotopic (exact) mass is 322 g/mol. The molecule has 0 saturated carbocycles. The van der Waals surface area contributed by atoms with Crippen LogP contribution in [0.4, 0.5) is 5.13 Å². The van der Waals surface area contributed by atoms with Crippen LogP contribution in [0, 0.1) is 0 Å². The van der Waals surface area contributed by atoms with Crippen LogP contribution in [0.2, 0.25) is 0 Å². The molecule has 1 aromatic heterocycles. The summed E-state index contributed by atoms with van der Waals surface area (Å²) in [5.74, 6) is -0.246. The van der Waals surface area contributed by atoms with Gasteiger partial charge in [0.05, 0.1) is 5.69 Å². The van der Waals surface area contributed by atoms with Gasteiger partial charge in [-0.05, 0) is 0 Å². The van der Waals surface area contributed by atoms with Gasteiger partial charge in [0, 0.05) is 34.4 Å². The third-order valence-corrected chi connectivity index (χ3v) is 5.71. The van der Waals surface area contributed by atoms with E-state index in [1.807, 2.05) is 26.2 Å². The van der Waals surface area contributed by atoms with Crippen LogP contribution in [-0.2, 0) is 19.3 Å². The van der Waals surface area contributed by atoms with Crippen LogP contribution in [0.15, 0.2) is 5.38 Å². The molecule has 106 valence electrons. The number of thiazole rings is 1. The van der Waals surface area contributed by atoms with E-state index >= 15 is 0 Å². The van der Waals surface area contributed by atoms with Gasteiger partial charge in [-0.2, -0.15) is 0 Å². The summed E-state index contributed by atoms with van der Waals surface area (Å²) in [4.78, 5) is 17.7. The van der Waals surface area contributed by atoms with Crippen molar-refractivity contribution in [2.24, 2.45) is 0 Å². The molecule has 8 heteroatoms. The van der Waals surface area contributed by atoms with Crippen LogP contribution >= 0.6 is 22.0 Å². The third-order valence-electron chi connectivity index (χ3n) is 2.98. The average Bonchev–Trinajstić information content (AvgIpc) is 2.80. The lowest BCUT2D eigenvalue weighted by Gasteiger charge is -2.15. The highest BCUT2D eigenvalue weighted by Crippen LogP contribution is 2.32. The number of aromatic nitrogens is 1. The zero-order valence-electron chi connectivity index (χ0n) is 10.9. The topological polar surface area (TPSA) is 67.3 Å². The predicted molar refractivity (Wildman–Crippen MR) is 76.3 cm³/mol. The Morgan fingerprint density at radius 1 is 1.47 bits per heavy atom. The Bertz CT molecular complexity index is 604. The average molecular weight is 323 g/mol. The van der Waals surface area contributed by atoms with Gasteiger partial charge in [-0.25, -0.2) is 13.4 Å². The van der Waals surface area contributed by atoms with Crippen molar-refractivity contribution in [3.63, 3.8) is 0 Å². The number of anilines is 1. The van der Waals surface area contributed by atoms with Crippen molar-refractivity contribution in [1.29, 1.82) is 0 Å². The number of hydrogen-bond acceptors (Lipinski definition) is 5. The first-order valence-corrected chi connectivity index (χ1v) is 9.04. The van der Waals surface area contributed by atoms with Gasteiger partial charge in [-0.3, -0.25) is 9.69 Å². The molecule has 1 amide bonds. The minimum absolute atomic E-state index is 0.0732. The van der Waals surface area contributed by atoms with Crippen LogP contribution in [0.1, 0.15) is 32.9 Å². The Hall–Kier alpha value is -0.660. The lowest BCUT2D eigenvalue weighted by Crippen LogP contribution is -2.26. The number of halogens is 1. The molecule has 1 fully saturated rings. The molecule has 2 heterocycles. The number of carbonyl (C=O) groups excluding carboxylic acids is 1. The Morgan fingerprint density at radius 2 is 2.11 bits per heavy atom. The maximum Gasteiger partial charge on any atom is 0.237 e. The molecule has 19 heavy (non-hydrogen) atoms. The smallest absolute Gasteiger partial charge is 0.237 e. The lowest BCUT2D eigenvalue weighted by molar-refractivity contribution is -0.117. The van der Waals surface area contributed by atoms with E-state index in [1.54, 1.807) is 0 Å². The van der Waals surface area contributed by atoms with Gasteiger partial charge in [0.15, 0.2) is 5.13 Å². The second-order valence-electron chi connectivity index (χ2n) is 5.57. The Kier molecular flexibility index (Phi) is 3.66. The Morgan fingerprint density at radius 3 is 2.53 bits per heavy atom. The first kappa shape index (κ1) is 14.7. The van der Waals surface area contributed by atoms with Crippen LogP contribution in [0.3, 0.4) is 0 Å². The molecule has 2 rings (SSSR count). The highest BCUT2D eigenvalue weighted by atomic mass is 35.7. The summed E-state index contributed by atoms with van der Waals surface area (Å²) in [5.41, 5.74) is 0.785. The van der Waals surface area contributed by atoms with Crippen molar-refractivity contribution >= 4 is 42.1 Å². The van der Waals surface area contributed by atoms with Gasteiger partial charge < -0.3 is 0 Å². The van der Waals surface area contributed by atoms with Gasteiger partial charge in [-0.1, -0.05) is 20.8 Å². The second-order valence-corrected chi connectivity index (χ2v) is 9.32. The predicted octanol–water partition coefficient (Wildman–Crippen LogP) is 2.11. The number of carbonyl (C=O) groups is 1. The van der Waals surface area contributed by atoms with Gasteiger partial charge in [0.1, 0.15) is 5.25 Å². The van der Waals surface area contributed by atoms with Gasteiger partial charge in [0.2, 0.25) is 15.0 Å². The second kappa shape index (κ2) is 4.71. The Balaban J connectivity index is 2.24. The molecule has 1 unspecified atom stereocenters. The molecule has 1 aromatic rings. The molecule has 1 atom stereocenters. The zero-order valence-corrected chi connectivity index (χ0v) is 13.3. The summed E-state index contributed by atoms with van der Waals surface area (Å²) < 4.78 is 22.6.